The van der Waals surface area contributed by atoms with Gasteiger partial charge in [-0.15, -0.1) is 0 Å². The number of carbonyl (C=O) groups excluding carboxylic acids is 3. The van der Waals surface area contributed by atoms with Crippen molar-refractivity contribution in [1.29, 1.82) is 0 Å². The summed E-state index contributed by atoms with van der Waals surface area (Å²) in [4.78, 5) is 38.4. The minimum atomic E-state index is -0.918. The zero-order valence-corrected chi connectivity index (χ0v) is 18.6. The van der Waals surface area contributed by atoms with Gasteiger partial charge in [-0.05, 0) is 73.3 Å². The normalized spacial score (nSPS) is 49.4. The molecule has 0 heterocycles. The van der Waals surface area contributed by atoms with E-state index in [2.05, 4.69) is 26.8 Å². The van der Waals surface area contributed by atoms with Crippen LogP contribution >= 0.6 is 0 Å². The van der Waals surface area contributed by atoms with Gasteiger partial charge in [0.25, 0.3) is 0 Å². The van der Waals surface area contributed by atoms with Crippen LogP contribution in [0.2, 0.25) is 0 Å². The van der Waals surface area contributed by atoms with E-state index in [1.807, 2.05) is 6.92 Å². The van der Waals surface area contributed by atoms with E-state index in [1.54, 1.807) is 0 Å². The first-order valence-electron chi connectivity index (χ1n) is 11.8. The van der Waals surface area contributed by atoms with E-state index in [1.165, 1.54) is 17.7 Å². The van der Waals surface area contributed by atoms with E-state index < -0.39 is 11.4 Å². The van der Waals surface area contributed by atoms with Crippen molar-refractivity contribution < 1.29 is 19.5 Å². The highest BCUT2D eigenvalue weighted by molar-refractivity contribution is 6.08. The topological polar surface area (TPSA) is 74.3 Å². The molecule has 162 valence electrons. The van der Waals surface area contributed by atoms with Gasteiger partial charge >= 0.3 is 0 Å². The second-order valence-electron chi connectivity index (χ2n) is 11.6. The first kappa shape index (κ1) is 20.2. The summed E-state index contributed by atoms with van der Waals surface area (Å²) in [5.41, 5.74) is 0.0930. The fourth-order valence-corrected chi connectivity index (χ4v) is 9.03. The first-order chi connectivity index (χ1) is 14.1. The van der Waals surface area contributed by atoms with E-state index in [0.717, 1.165) is 32.1 Å². The van der Waals surface area contributed by atoms with Crippen LogP contribution < -0.4 is 5.11 Å². The molecule has 0 aromatic rings. The Kier molecular flexibility index (Phi) is 4.16. The summed E-state index contributed by atoms with van der Waals surface area (Å²) in [7, 11) is 0. The molecule has 0 aromatic heterocycles. The lowest BCUT2D eigenvalue weighted by molar-refractivity contribution is -0.328. The maximum atomic E-state index is 13.2. The molecule has 0 aliphatic heterocycles. The summed E-state index contributed by atoms with van der Waals surface area (Å²) in [5.74, 6) is -0.412. The van der Waals surface area contributed by atoms with Crippen molar-refractivity contribution in [2.75, 3.05) is 0 Å². The summed E-state index contributed by atoms with van der Waals surface area (Å²) >= 11 is 0. The van der Waals surface area contributed by atoms with E-state index in [9.17, 15) is 19.5 Å². The summed E-state index contributed by atoms with van der Waals surface area (Å²) < 4.78 is 0. The number of hydrogen-bond donors (Lipinski definition) is 0. The van der Waals surface area contributed by atoms with Gasteiger partial charge in [0.2, 0.25) is 0 Å². The summed E-state index contributed by atoms with van der Waals surface area (Å²) in [6.07, 6.45) is 10.5. The third kappa shape index (κ3) is 2.26. The molecule has 4 nitrogen and oxygen atoms in total. The van der Waals surface area contributed by atoms with Crippen LogP contribution in [0.25, 0.3) is 0 Å². The van der Waals surface area contributed by atoms with Crippen LogP contribution in [0.4, 0.5) is 0 Å². The molecule has 4 heteroatoms. The molecular formula is C26H33O4-. The smallest absolute Gasteiger partial charge is 0.160 e. The predicted octanol–water partition coefficient (Wildman–Crippen LogP) is 3.50. The standard InChI is InChI=1S/C26H34O4/c1-14(2)16-13-26-11-8-19-24(3,9-5-10-25(19,4)23(29)30)20(26)12-15(16)21-17(27)6-7-18(28)22(21)26/h6-7,13-15,19-22H,5,8-12H2,1-4H3,(H,29,30)/p-1/t15-,19-,20-,21-,22-,24-,25+,26-/m0/s1. The molecule has 30 heavy (non-hydrogen) atoms. The second kappa shape index (κ2) is 6.17. The van der Waals surface area contributed by atoms with Crippen molar-refractivity contribution in [2.45, 2.75) is 66.2 Å². The first-order valence-corrected chi connectivity index (χ1v) is 11.8. The van der Waals surface area contributed by atoms with Gasteiger partial charge < -0.3 is 9.90 Å². The Labute approximate surface area is 179 Å². The van der Waals surface area contributed by atoms with Crippen LogP contribution in [0.1, 0.15) is 66.2 Å². The zero-order valence-electron chi connectivity index (χ0n) is 18.6. The summed E-state index contributed by atoms with van der Waals surface area (Å²) in [5, 5.41) is 12.2. The average Bonchev–Trinajstić information content (AvgIpc) is 2.69. The molecule has 6 rings (SSSR count). The number of allylic oxidation sites excluding steroid dienone is 4. The molecule has 0 radical (unpaired) electrons. The van der Waals surface area contributed by atoms with E-state index in [4.69, 9.17) is 0 Å². The number of rotatable bonds is 2. The molecule has 1 spiro atoms. The highest BCUT2D eigenvalue weighted by Gasteiger charge is 2.69. The molecule has 0 aromatic carbocycles. The molecule has 6 aliphatic rings. The Morgan fingerprint density at radius 3 is 2.43 bits per heavy atom. The van der Waals surface area contributed by atoms with Crippen molar-refractivity contribution in [3.8, 4) is 0 Å². The lowest BCUT2D eigenvalue weighted by Gasteiger charge is -2.70. The second-order valence-corrected chi connectivity index (χ2v) is 11.6. The molecule has 8 atom stereocenters. The van der Waals surface area contributed by atoms with Crippen LogP contribution in [-0.4, -0.2) is 17.5 Å². The van der Waals surface area contributed by atoms with Gasteiger partial charge in [0.1, 0.15) is 0 Å². The van der Waals surface area contributed by atoms with E-state index >= 15 is 0 Å². The lowest BCUT2D eigenvalue weighted by atomic mass is 9.33. The highest BCUT2D eigenvalue weighted by atomic mass is 16.4. The van der Waals surface area contributed by atoms with Crippen molar-refractivity contribution in [3.05, 3.63) is 23.8 Å². The van der Waals surface area contributed by atoms with Crippen LogP contribution in [0, 0.1) is 51.8 Å². The van der Waals surface area contributed by atoms with Crippen molar-refractivity contribution in [1.82, 2.24) is 0 Å². The van der Waals surface area contributed by atoms with Crippen molar-refractivity contribution in [3.63, 3.8) is 0 Å². The van der Waals surface area contributed by atoms with Crippen LogP contribution in [0.15, 0.2) is 23.8 Å². The number of fused-ring (bicyclic) bond motifs is 1. The largest absolute Gasteiger partial charge is 0.550 e. The maximum Gasteiger partial charge on any atom is 0.160 e. The Morgan fingerprint density at radius 2 is 1.77 bits per heavy atom. The number of ketones is 2. The van der Waals surface area contributed by atoms with Gasteiger partial charge in [-0.3, -0.25) is 9.59 Å². The summed E-state index contributed by atoms with van der Waals surface area (Å²) in [6, 6.07) is 0. The van der Waals surface area contributed by atoms with Gasteiger partial charge in [-0.1, -0.05) is 45.8 Å². The molecule has 0 amide bonds. The van der Waals surface area contributed by atoms with Crippen LogP contribution in [-0.2, 0) is 14.4 Å². The van der Waals surface area contributed by atoms with Crippen LogP contribution in [0.5, 0.6) is 0 Å². The summed E-state index contributed by atoms with van der Waals surface area (Å²) in [6.45, 7) is 8.56. The maximum absolute atomic E-state index is 13.2. The van der Waals surface area contributed by atoms with Crippen LogP contribution in [0.3, 0.4) is 0 Å². The quantitative estimate of drug-likeness (QED) is 0.654. The predicted molar refractivity (Wildman–Crippen MR) is 111 cm³/mol. The minimum absolute atomic E-state index is 0.0676. The number of hydrogen-bond acceptors (Lipinski definition) is 4. The third-order valence-electron chi connectivity index (χ3n) is 10.2. The van der Waals surface area contributed by atoms with Gasteiger partial charge in [0.15, 0.2) is 11.6 Å². The zero-order chi connectivity index (χ0) is 21.6. The number of carboxylic acids is 1. The van der Waals surface area contributed by atoms with Crippen molar-refractivity contribution in [2.24, 2.45) is 51.8 Å². The van der Waals surface area contributed by atoms with Gasteiger partial charge in [-0.2, -0.15) is 0 Å². The Balaban J connectivity index is 1.68. The SMILES string of the molecule is CC(C)C1=C[C@@]23CC[C@H]4[C@](C)(CCC[C@@]4(C)C(=O)[O-])[C@@H]2C[C@@H]1[C@H]1C(=O)C=CC(=O)[C@@H]13. The number of aliphatic carboxylic acids is 1. The van der Waals surface area contributed by atoms with Crippen molar-refractivity contribution >= 4 is 17.5 Å². The molecular weight excluding hydrogens is 376 g/mol. The van der Waals surface area contributed by atoms with Gasteiger partial charge in [0.05, 0.1) is 0 Å². The van der Waals surface area contributed by atoms with E-state index in [0.29, 0.717) is 12.3 Å². The van der Waals surface area contributed by atoms with E-state index in [-0.39, 0.29) is 52.0 Å². The molecule has 3 fully saturated rings. The monoisotopic (exact) mass is 409 g/mol. The fraction of sp³-hybridized carbons (Fsp3) is 0.731. The molecule has 0 saturated heterocycles. The molecule has 2 bridgehead atoms. The fourth-order valence-electron chi connectivity index (χ4n) is 9.03. The van der Waals surface area contributed by atoms with Gasteiger partial charge in [0, 0.05) is 28.6 Å². The number of carbonyl (C=O) groups is 3. The third-order valence-corrected chi connectivity index (χ3v) is 10.2. The highest BCUT2D eigenvalue weighted by Crippen LogP contribution is 2.73. The Bertz CT molecular complexity index is 897. The Hall–Kier alpha value is -1.71. The number of carboxylic acid groups (broad SMARTS) is 1. The minimum Gasteiger partial charge on any atom is -0.550 e. The lowest BCUT2D eigenvalue weighted by Crippen LogP contribution is -2.67. The molecule has 0 N–H and O–H groups in total. The average molecular weight is 410 g/mol. The molecule has 3 saturated carbocycles. The molecule has 6 aliphatic carbocycles. The molecule has 0 unspecified atom stereocenters. The van der Waals surface area contributed by atoms with Gasteiger partial charge in [-0.25, -0.2) is 0 Å². The Morgan fingerprint density at radius 1 is 1.07 bits per heavy atom.